The lowest BCUT2D eigenvalue weighted by molar-refractivity contribution is 0.327. The zero-order valence-corrected chi connectivity index (χ0v) is 13.7. The molecule has 2 rings (SSSR count). The maximum Gasteiger partial charge on any atom is 0.151 e. The molecule has 1 unspecified atom stereocenters. The molecule has 21 heavy (non-hydrogen) atoms. The molecule has 2 heterocycles. The molecule has 0 saturated carbocycles. The van der Waals surface area contributed by atoms with Gasteiger partial charge >= 0.3 is 0 Å². The van der Waals surface area contributed by atoms with Crippen molar-refractivity contribution in [3.8, 4) is 0 Å². The van der Waals surface area contributed by atoms with Crippen LogP contribution in [0, 0.1) is 0 Å². The van der Waals surface area contributed by atoms with E-state index in [1.165, 1.54) is 13.0 Å². The number of hydrogen-bond acceptors (Lipinski definition) is 5. The predicted molar refractivity (Wildman–Crippen MR) is 87.6 cm³/mol. The van der Waals surface area contributed by atoms with Crippen molar-refractivity contribution < 1.29 is 0 Å². The lowest BCUT2D eigenvalue weighted by Crippen LogP contribution is -2.40. The molecule has 1 atom stereocenters. The average molecular weight is 291 g/mol. The topological polar surface area (TPSA) is 44.3 Å². The molecule has 1 aromatic heterocycles. The second kappa shape index (κ2) is 8.29. The molecule has 5 heteroatoms. The monoisotopic (exact) mass is 291 g/mol. The van der Waals surface area contributed by atoms with Crippen LogP contribution in [0.15, 0.2) is 12.1 Å². The smallest absolute Gasteiger partial charge is 0.151 e. The Morgan fingerprint density at radius 2 is 2.10 bits per heavy atom. The van der Waals surface area contributed by atoms with E-state index in [1.807, 2.05) is 0 Å². The lowest BCUT2D eigenvalue weighted by Gasteiger charge is -2.30. The van der Waals surface area contributed by atoms with Crippen molar-refractivity contribution in [3.63, 3.8) is 0 Å². The van der Waals surface area contributed by atoms with Gasteiger partial charge in [-0.3, -0.25) is 0 Å². The molecule has 0 amide bonds. The first-order valence-electron chi connectivity index (χ1n) is 8.23. The number of aromatic nitrogens is 2. The molecule has 1 N–H and O–H groups in total. The SMILES string of the molecule is CCCNCc1ccc(N2CCCN(C)CC2CC)nn1. The highest BCUT2D eigenvalue weighted by molar-refractivity contribution is 5.39. The zero-order valence-electron chi connectivity index (χ0n) is 13.7. The molecule has 5 nitrogen and oxygen atoms in total. The van der Waals surface area contributed by atoms with Crippen molar-refractivity contribution in [3.05, 3.63) is 17.8 Å². The van der Waals surface area contributed by atoms with E-state index in [9.17, 15) is 0 Å². The van der Waals surface area contributed by atoms with Gasteiger partial charge in [0.1, 0.15) is 0 Å². The zero-order chi connectivity index (χ0) is 15.1. The number of nitrogens with one attached hydrogen (secondary N) is 1. The number of nitrogens with zero attached hydrogens (tertiary/aromatic N) is 4. The first-order valence-corrected chi connectivity index (χ1v) is 8.23. The van der Waals surface area contributed by atoms with Crippen LogP contribution in [-0.2, 0) is 6.54 Å². The summed E-state index contributed by atoms with van der Waals surface area (Å²) in [5.41, 5.74) is 1.02. The van der Waals surface area contributed by atoms with E-state index in [0.29, 0.717) is 6.04 Å². The summed E-state index contributed by atoms with van der Waals surface area (Å²) in [5.74, 6) is 1.02. The fraction of sp³-hybridized carbons (Fsp3) is 0.750. The van der Waals surface area contributed by atoms with Crippen LogP contribution >= 0.6 is 0 Å². The first-order chi connectivity index (χ1) is 10.2. The van der Waals surface area contributed by atoms with Gasteiger partial charge in [0.2, 0.25) is 0 Å². The highest BCUT2D eigenvalue weighted by Gasteiger charge is 2.23. The minimum absolute atomic E-state index is 0.538. The Morgan fingerprint density at radius 1 is 1.24 bits per heavy atom. The van der Waals surface area contributed by atoms with Crippen LogP contribution in [0.5, 0.6) is 0 Å². The molecule has 118 valence electrons. The third kappa shape index (κ3) is 4.64. The fourth-order valence-electron chi connectivity index (χ4n) is 2.89. The molecule has 1 aliphatic rings. The van der Waals surface area contributed by atoms with E-state index in [0.717, 1.165) is 50.5 Å². The van der Waals surface area contributed by atoms with Crippen LogP contribution in [0.1, 0.15) is 38.8 Å². The molecule has 1 aromatic rings. The molecular weight excluding hydrogens is 262 g/mol. The Morgan fingerprint density at radius 3 is 2.76 bits per heavy atom. The van der Waals surface area contributed by atoms with Crippen LogP contribution in [0.2, 0.25) is 0 Å². The summed E-state index contributed by atoms with van der Waals surface area (Å²) >= 11 is 0. The molecule has 1 aliphatic heterocycles. The quantitative estimate of drug-likeness (QED) is 0.811. The standard InChI is InChI=1S/C16H29N5/c1-4-9-17-12-14-7-8-16(19-18-14)21-11-6-10-20(3)13-15(21)5-2/h7-8,15,17H,4-6,9-13H2,1-3H3. The second-order valence-electron chi connectivity index (χ2n) is 5.93. The minimum Gasteiger partial charge on any atom is -0.351 e. The Balaban J connectivity index is 2.02. The largest absolute Gasteiger partial charge is 0.351 e. The van der Waals surface area contributed by atoms with Crippen LogP contribution in [0.4, 0.5) is 5.82 Å². The maximum absolute atomic E-state index is 4.46. The summed E-state index contributed by atoms with van der Waals surface area (Å²) in [7, 11) is 2.21. The summed E-state index contributed by atoms with van der Waals surface area (Å²) in [5, 5.41) is 12.2. The summed E-state index contributed by atoms with van der Waals surface area (Å²) in [6.07, 6.45) is 3.48. The summed E-state index contributed by atoms with van der Waals surface area (Å²) in [6, 6.07) is 4.77. The van der Waals surface area contributed by atoms with Gasteiger partial charge in [0.15, 0.2) is 5.82 Å². The van der Waals surface area contributed by atoms with Gasteiger partial charge in [0.05, 0.1) is 5.69 Å². The molecular formula is C16H29N5. The van der Waals surface area contributed by atoms with Gasteiger partial charge in [0, 0.05) is 25.7 Å². The van der Waals surface area contributed by atoms with E-state index in [2.05, 4.69) is 58.3 Å². The van der Waals surface area contributed by atoms with Gasteiger partial charge in [0.25, 0.3) is 0 Å². The van der Waals surface area contributed by atoms with Gasteiger partial charge in [-0.05, 0) is 51.5 Å². The Labute approximate surface area is 128 Å². The first kappa shape index (κ1) is 16.2. The molecule has 1 saturated heterocycles. The summed E-state index contributed by atoms with van der Waals surface area (Å²) < 4.78 is 0. The fourth-order valence-corrected chi connectivity index (χ4v) is 2.89. The molecule has 0 aromatic carbocycles. The molecule has 0 bridgehead atoms. The second-order valence-corrected chi connectivity index (χ2v) is 5.93. The highest BCUT2D eigenvalue weighted by Crippen LogP contribution is 2.19. The third-order valence-electron chi connectivity index (χ3n) is 4.11. The highest BCUT2D eigenvalue weighted by atomic mass is 15.3. The number of hydrogen-bond donors (Lipinski definition) is 1. The van der Waals surface area contributed by atoms with Crippen molar-refractivity contribution in [1.29, 1.82) is 0 Å². The lowest BCUT2D eigenvalue weighted by atomic mass is 10.2. The maximum atomic E-state index is 4.46. The van der Waals surface area contributed by atoms with E-state index in [1.54, 1.807) is 0 Å². The molecule has 0 spiro atoms. The summed E-state index contributed by atoms with van der Waals surface area (Å²) in [4.78, 5) is 4.85. The average Bonchev–Trinajstić information content (AvgIpc) is 2.69. The Hall–Kier alpha value is -1.20. The van der Waals surface area contributed by atoms with Crippen LogP contribution in [-0.4, -0.2) is 54.4 Å². The number of likely N-dealkylation sites (N-methyl/N-ethyl adjacent to an activating group) is 1. The van der Waals surface area contributed by atoms with Gasteiger partial charge < -0.3 is 15.1 Å². The van der Waals surface area contributed by atoms with Crippen molar-refractivity contribution in [2.24, 2.45) is 0 Å². The van der Waals surface area contributed by atoms with Crippen molar-refractivity contribution in [2.75, 3.05) is 38.1 Å². The van der Waals surface area contributed by atoms with Crippen LogP contribution in [0.25, 0.3) is 0 Å². The Kier molecular flexibility index (Phi) is 6.39. The van der Waals surface area contributed by atoms with Gasteiger partial charge in [-0.1, -0.05) is 13.8 Å². The predicted octanol–water partition coefficient (Wildman–Crippen LogP) is 1.90. The van der Waals surface area contributed by atoms with Gasteiger partial charge in [-0.25, -0.2) is 0 Å². The van der Waals surface area contributed by atoms with Crippen LogP contribution < -0.4 is 10.2 Å². The molecule has 1 fully saturated rings. The van der Waals surface area contributed by atoms with Crippen LogP contribution in [0.3, 0.4) is 0 Å². The van der Waals surface area contributed by atoms with Gasteiger partial charge in [-0.2, -0.15) is 5.10 Å². The van der Waals surface area contributed by atoms with E-state index in [-0.39, 0.29) is 0 Å². The van der Waals surface area contributed by atoms with Crippen molar-refractivity contribution >= 4 is 5.82 Å². The number of rotatable bonds is 6. The van der Waals surface area contributed by atoms with Crippen molar-refractivity contribution in [2.45, 2.75) is 45.7 Å². The number of anilines is 1. The Bertz CT molecular complexity index is 406. The van der Waals surface area contributed by atoms with E-state index >= 15 is 0 Å². The third-order valence-corrected chi connectivity index (χ3v) is 4.11. The van der Waals surface area contributed by atoms with Crippen molar-refractivity contribution in [1.82, 2.24) is 20.4 Å². The summed E-state index contributed by atoms with van der Waals surface area (Å²) in [6.45, 7) is 9.61. The van der Waals surface area contributed by atoms with E-state index in [4.69, 9.17) is 0 Å². The normalized spacial score (nSPS) is 20.5. The molecule has 0 aliphatic carbocycles. The van der Waals surface area contributed by atoms with Gasteiger partial charge in [-0.15, -0.1) is 5.10 Å². The minimum atomic E-state index is 0.538. The van der Waals surface area contributed by atoms with E-state index < -0.39 is 0 Å². The molecule has 0 radical (unpaired) electrons.